The van der Waals surface area contributed by atoms with E-state index in [-0.39, 0.29) is 0 Å². The topological polar surface area (TPSA) is 54.7 Å². The Morgan fingerprint density at radius 1 is 1.17 bits per heavy atom. The molecule has 0 saturated heterocycles. The second-order valence-corrected chi connectivity index (χ2v) is 5.14. The highest BCUT2D eigenvalue weighted by Gasteiger charge is 2.05. The molecule has 90 valence electrons. The molecule has 0 spiro atoms. The first-order valence-corrected chi connectivity index (χ1v) is 6.49. The van der Waals surface area contributed by atoms with Gasteiger partial charge in [0.2, 0.25) is 0 Å². The molecule has 0 amide bonds. The third kappa shape index (κ3) is 2.11. The van der Waals surface area contributed by atoms with Crippen molar-refractivity contribution in [2.45, 2.75) is 6.42 Å². The van der Waals surface area contributed by atoms with Crippen LogP contribution in [0.15, 0.2) is 46.9 Å². The zero-order chi connectivity index (χ0) is 12.5. The number of imidazole rings is 1. The molecule has 0 radical (unpaired) electrons. The van der Waals surface area contributed by atoms with Gasteiger partial charge in [-0.05, 0) is 29.8 Å². The Balaban J connectivity index is 1.98. The Labute approximate surface area is 113 Å². The summed E-state index contributed by atoms with van der Waals surface area (Å²) in [5.74, 6) is 0.931. The molecule has 0 atom stereocenters. The molecule has 18 heavy (non-hydrogen) atoms. The number of aromatic amines is 1. The van der Waals surface area contributed by atoms with Crippen molar-refractivity contribution in [1.82, 2.24) is 9.97 Å². The lowest BCUT2D eigenvalue weighted by atomic mass is 10.1. The Morgan fingerprint density at radius 3 is 2.83 bits per heavy atom. The zero-order valence-corrected chi connectivity index (χ0v) is 11.2. The minimum absolute atomic E-state index is 0.721. The van der Waals surface area contributed by atoms with E-state index in [9.17, 15) is 0 Å². The van der Waals surface area contributed by atoms with Crippen LogP contribution in [0, 0.1) is 0 Å². The highest BCUT2D eigenvalue weighted by Crippen LogP contribution is 2.20. The van der Waals surface area contributed by atoms with Gasteiger partial charge in [0.15, 0.2) is 0 Å². The van der Waals surface area contributed by atoms with Gasteiger partial charge in [0.05, 0.1) is 11.0 Å². The molecule has 1 aromatic heterocycles. The SMILES string of the molecule is Nc1ccccc1Cc1nc2ccc(Br)cc2[nH]1. The van der Waals surface area contributed by atoms with Gasteiger partial charge in [-0.25, -0.2) is 4.98 Å². The summed E-state index contributed by atoms with van der Waals surface area (Å²) in [6, 6.07) is 13.9. The molecular formula is C14H12BrN3. The third-order valence-electron chi connectivity index (χ3n) is 2.91. The summed E-state index contributed by atoms with van der Waals surface area (Å²) in [6.07, 6.45) is 0.721. The zero-order valence-electron chi connectivity index (χ0n) is 9.65. The number of H-pyrrole nitrogens is 1. The molecule has 0 aliphatic heterocycles. The molecule has 4 heteroatoms. The Morgan fingerprint density at radius 2 is 2.00 bits per heavy atom. The summed E-state index contributed by atoms with van der Waals surface area (Å²) in [5, 5.41) is 0. The van der Waals surface area contributed by atoms with Crippen LogP contribution in [-0.4, -0.2) is 9.97 Å². The molecule has 0 fully saturated rings. The van der Waals surface area contributed by atoms with Crippen LogP contribution in [0.25, 0.3) is 11.0 Å². The van der Waals surface area contributed by atoms with E-state index in [1.54, 1.807) is 0 Å². The molecule has 0 saturated carbocycles. The summed E-state index contributed by atoms with van der Waals surface area (Å²) in [5.41, 5.74) is 9.85. The molecule has 0 bridgehead atoms. The molecule has 3 nitrogen and oxygen atoms in total. The average Bonchev–Trinajstić information content (AvgIpc) is 2.73. The van der Waals surface area contributed by atoms with Gasteiger partial charge in [-0.2, -0.15) is 0 Å². The smallest absolute Gasteiger partial charge is 0.111 e. The number of fused-ring (bicyclic) bond motifs is 1. The number of nitrogens with one attached hydrogen (secondary N) is 1. The van der Waals surface area contributed by atoms with Crippen molar-refractivity contribution in [3.63, 3.8) is 0 Å². The Hall–Kier alpha value is -1.81. The van der Waals surface area contributed by atoms with Crippen molar-refractivity contribution in [3.8, 4) is 0 Å². The van der Waals surface area contributed by atoms with E-state index in [4.69, 9.17) is 5.73 Å². The largest absolute Gasteiger partial charge is 0.398 e. The van der Waals surface area contributed by atoms with Crippen LogP contribution in [0.5, 0.6) is 0 Å². The van der Waals surface area contributed by atoms with Gasteiger partial charge in [-0.1, -0.05) is 34.1 Å². The fourth-order valence-electron chi connectivity index (χ4n) is 1.99. The lowest BCUT2D eigenvalue weighted by Crippen LogP contribution is -1.96. The summed E-state index contributed by atoms with van der Waals surface area (Å²) in [7, 11) is 0. The predicted octanol–water partition coefficient (Wildman–Crippen LogP) is 3.50. The minimum Gasteiger partial charge on any atom is -0.398 e. The number of anilines is 1. The van der Waals surface area contributed by atoms with E-state index in [1.807, 2.05) is 42.5 Å². The highest BCUT2D eigenvalue weighted by molar-refractivity contribution is 9.10. The number of nitrogen functional groups attached to an aromatic ring is 1. The van der Waals surface area contributed by atoms with E-state index in [0.29, 0.717) is 0 Å². The second kappa shape index (κ2) is 4.46. The molecule has 0 aliphatic carbocycles. The first-order chi connectivity index (χ1) is 8.72. The molecule has 0 unspecified atom stereocenters. The third-order valence-corrected chi connectivity index (χ3v) is 3.40. The summed E-state index contributed by atoms with van der Waals surface area (Å²) in [6.45, 7) is 0. The van der Waals surface area contributed by atoms with Crippen LogP contribution in [-0.2, 0) is 6.42 Å². The summed E-state index contributed by atoms with van der Waals surface area (Å²) in [4.78, 5) is 7.87. The molecule has 1 heterocycles. The van der Waals surface area contributed by atoms with Crippen LogP contribution in [0.1, 0.15) is 11.4 Å². The second-order valence-electron chi connectivity index (χ2n) is 4.22. The highest BCUT2D eigenvalue weighted by atomic mass is 79.9. The number of nitrogens with two attached hydrogens (primary N) is 1. The predicted molar refractivity (Wildman–Crippen MR) is 77.5 cm³/mol. The number of hydrogen-bond donors (Lipinski definition) is 2. The Bertz CT molecular complexity index is 703. The van der Waals surface area contributed by atoms with E-state index < -0.39 is 0 Å². The lowest BCUT2D eigenvalue weighted by Gasteiger charge is -2.02. The van der Waals surface area contributed by atoms with E-state index >= 15 is 0 Å². The molecule has 3 rings (SSSR count). The van der Waals surface area contributed by atoms with Crippen LogP contribution < -0.4 is 5.73 Å². The van der Waals surface area contributed by atoms with Gasteiger partial charge in [0.25, 0.3) is 0 Å². The number of nitrogens with zero attached hydrogens (tertiary/aromatic N) is 1. The standard InChI is InChI=1S/C14H12BrN3/c15-10-5-6-12-13(8-10)18-14(17-12)7-9-3-1-2-4-11(9)16/h1-6,8H,7,16H2,(H,17,18). The van der Waals surface area contributed by atoms with E-state index in [1.165, 1.54) is 0 Å². The fraction of sp³-hybridized carbons (Fsp3) is 0.0714. The summed E-state index contributed by atoms with van der Waals surface area (Å²) >= 11 is 3.45. The molecule has 0 aliphatic rings. The number of benzene rings is 2. The molecule has 3 N–H and O–H groups in total. The number of para-hydroxylation sites is 1. The van der Waals surface area contributed by atoms with Gasteiger partial charge in [-0.3, -0.25) is 0 Å². The van der Waals surface area contributed by atoms with Crippen molar-refractivity contribution in [2.24, 2.45) is 0 Å². The van der Waals surface area contributed by atoms with Crippen molar-refractivity contribution in [2.75, 3.05) is 5.73 Å². The van der Waals surface area contributed by atoms with Gasteiger partial charge in [0.1, 0.15) is 5.82 Å². The van der Waals surface area contributed by atoms with Crippen molar-refractivity contribution in [3.05, 3.63) is 58.3 Å². The first kappa shape index (κ1) is 11.3. The van der Waals surface area contributed by atoms with Crippen LogP contribution in [0.2, 0.25) is 0 Å². The van der Waals surface area contributed by atoms with Gasteiger partial charge >= 0.3 is 0 Å². The maximum atomic E-state index is 5.94. The van der Waals surface area contributed by atoms with Crippen molar-refractivity contribution < 1.29 is 0 Å². The van der Waals surface area contributed by atoms with Crippen LogP contribution >= 0.6 is 15.9 Å². The lowest BCUT2D eigenvalue weighted by molar-refractivity contribution is 1.04. The van der Waals surface area contributed by atoms with E-state index in [2.05, 4.69) is 25.9 Å². The number of hydrogen-bond acceptors (Lipinski definition) is 2. The van der Waals surface area contributed by atoms with Crippen LogP contribution in [0.4, 0.5) is 5.69 Å². The van der Waals surface area contributed by atoms with Gasteiger partial charge in [-0.15, -0.1) is 0 Å². The maximum absolute atomic E-state index is 5.94. The quantitative estimate of drug-likeness (QED) is 0.712. The number of halogens is 1. The van der Waals surface area contributed by atoms with Gasteiger partial charge in [0, 0.05) is 16.6 Å². The molecule has 3 aromatic rings. The number of aromatic nitrogens is 2. The minimum atomic E-state index is 0.721. The van der Waals surface area contributed by atoms with Crippen LogP contribution in [0.3, 0.4) is 0 Å². The van der Waals surface area contributed by atoms with Crippen molar-refractivity contribution in [1.29, 1.82) is 0 Å². The first-order valence-electron chi connectivity index (χ1n) is 5.70. The van der Waals surface area contributed by atoms with Gasteiger partial charge < -0.3 is 10.7 Å². The number of rotatable bonds is 2. The fourth-order valence-corrected chi connectivity index (χ4v) is 2.36. The maximum Gasteiger partial charge on any atom is 0.111 e. The van der Waals surface area contributed by atoms with Crippen molar-refractivity contribution >= 4 is 32.7 Å². The monoisotopic (exact) mass is 301 g/mol. The summed E-state index contributed by atoms with van der Waals surface area (Å²) < 4.78 is 1.05. The van der Waals surface area contributed by atoms with E-state index in [0.717, 1.165) is 39.0 Å². The molecular weight excluding hydrogens is 290 g/mol. The average molecular weight is 302 g/mol. The normalized spacial score (nSPS) is 10.9. The Kier molecular flexibility index (Phi) is 2.80. The molecule has 2 aromatic carbocycles.